The number of carbonyl (C=O) groups excluding carboxylic acids is 1. The normalized spacial score (nSPS) is 11.9. The van der Waals surface area contributed by atoms with E-state index < -0.39 is 12.0 Å². The number of esters is 1. The number of carbonyl (C=O) groups is 1. The van der Waals surface area contributed by atoms with Crippen molar-refractivity contribution in [1.82, 2.24) is 25.2 Å². The molecule has 2 aromatic heterocycles. The zero-order valence-corrected chi connectivity index (χ0v) is 14.9. The quantitative estimate of drug-likeness (QED) is 0.458. The summed E-state index contributed by atoms with van der Waals surface area (Å²) in [5.74, 6) is 0.478. The van der Waals surface area contributed by atoms with Gasteiger partial charge in [0.25, 0.3) is 0 Å². The largest absolute Gasteiger partial charge is 0.454 e. The maximum absolute atomic E-state index is 12.7. The van der Waals surface area contributed by atoms with Crippen LogP contribution in [0.3, 0.4) is 0 Å². The Hall–Kier alpha value is -3.81. The first-order chi connectivity index (χ1) is 13.8. The van der Waals surface area contributed by atoms with E-state index in [0.717, 1.165) is 11.1 Å². The molecular formula is C20H17N5O3. The Morgan fingerprint density at radius 1 is 1.07 bits per heavy atom. The zero-order valence-electron chi connectivity index (χ0n) is 14.9. The molecule has 1 atom stereocenters. The Bertz CT molecular complexity index is 1020. The highest BCUT2D eigenvalue weighted by Gasteiger charge is 2.24. The highest BCUT2D eigenvalue weighted by atomic mass is 16.5. The predicted octanol–water partition coefficient (Wildman–Crippen LogP) is 2.86. The zero-order chi connectivity index (χ0) is 19.2. The number of ether oxygens (including phenoxy) is 1. The monoisotopic (exact) mass is 375 g/mol. The SMILES string of the molecule is O=C(OCc1ncc(-c2ccccc2)o1)[C@H](Cc1ccccc1)n1cnnn1. The van der Waals surface area contributed by atoms with Gasteiger partial charge in [0, 0.05) is 12.0 Å². The lowest BCUT2D eigenvalue weighted by Gasteiger charge is -2.15. The molecule has 0 fully saturated rings. The number of hydrogen-bond donors (Lipinski definition) is 0. The maximum Gasteiger partial charge on any atom is 0.331 e. The van der Waals surface area contributed by atoms with E-state index in [1.165, 1.54) is 11.0 Å². The number of benzene rings is 2. The van der Waals surface area contributed by atoms with Crippen LogP contribution in [0.5, 0.6) is 0 Å². The average molecular weight is 375 g/mol. The van der Waals surface area contributed by atoms with Gasteiger partial charge in [0.2, 0.25) is 5.89 Å². The summed E-state index contributed by atoms with van der Waals surface area (Å²) in [5.41, 5.74) is 1.88. The Kier molecular flexibility index (Phi) is 5.19. The Morgan fingerprint density at radius 2 is 1.82 bits per heavy atom. The Labute approximate surface area is 160 Å². The van der Waals surface area contributed by atoms with Gasteiger partial charge in [-0.15, -0.1) is 5.10 Å². The van der Waals surface area contributed by atoms with Crippen molar-refractivity contribution < 1.29 is 13.9 Å². The van der Waals surface area contributed by atoms with Crippen molar-refractivity contribution >= 4 is 5.97 Å². The summed E-state index contributed by atoms with van der Waals surface area (Å²) in [6, 6.07) is 18.5. The molecule has 4 rings (SSSR count). The summed E-state index contributed by atoms with van der Waals surface area (Å²) in [6.45, 7) is -0.0704. The number of nitrogens with zero attached hydrogens (tertiary/aromatic N) is 5. The van der Waals surface area contributed by atoms with Crippen LogP contribution in [0.4, 0.5) is 0 Å². The van der Waals surface area contributed by atoms with Gasteiger partial charge in [-0.05, 0) is 16.0 Å². The van der Waals surface area contributed by atoms with Crippen LogP contribution in [-0.4, -0.2) is 31.2 Å². The van der Waals surface area contributed by atoms with Gasteiger partial charge >= 0.3 is 5.97 Å². The van der Waals surface area contributed by atoms with Gasteiger partial charge in [0.1, 0.15) is 6.33 Å². The number of rotatable bonds is 7. The fourth-order valence-corrected chi connectivity index (χ4v) is 2.78. The maximum atomic E-state index is 12.7. The van der Waals surface area contributed by atoms with Gasteiger partial charge in [-0.25, -0.2) is 14.5 Å². The molecule has 4 aromatic rings. The fraction of sp³-hybridized carbons (Fsp3) is 0.150. The van der Waals surface area contributed by atoms with Crippen LogP contribution in [0, 0.1) is 0 Å². The minimum absolute atomic E-state index is 0.0704. The molecule has 8 heteroatoms. The molecule has 0 spiro atoms. The van der Waals surface area contributed by atoms with Gasteiger partial charge in [-0.3, -0.25) is 0 Å². The first kappa shape index (κ1) is 17.6. The molecule has 28 heavy (non-hydrogen) atoms. The van der Waals surface area contributed by atoms with Crippen LogP contribution in [-0.2, 0) is 22.6 Å². The van der Waals surface area contributed by atoms with Gasteiger partial charge in [0.15, 0.2) is 18.4 Å². The Balaban J connectivity index is 1.44. The average Bonchev–Trinajstić information content (AvgIpc) is 3.44. The van der Waals surface area contributed by atoms with E-state index in [2.05, 4.69) is 20.5 Å². The third-order valence-corrected chi connectivity index (χ3v) is 4.18. The molecule has 0 amide bonds. The van der Waals surface area contributed by atoms with E-state index >= 15 is 0 Å². The molecule has 0 N–H and O–H groups in total. The topological polar surface area (TPSA) is 95.9 Å². The summed E-state index contributed by atoms with van der Waals surface area (Å²) < 4.78 is 12.5. The second-order valence-corrected chi connectivity index (χ2v) is 6.09. The number of oxazole rings is 1. The molecule has 0 saturated heterocycles. The van der Waals surface area contributed by atoms with E-state index in [0.29, 0.717) is 18.1 Å². The number of tetrazole rings is 1. The predicted molar refractivity (Wildman–Crippen MR) is 98.7 cm³/mol. The second kappa shape index (κ2) is 8.26. The lowest BCUT2D eigenvalue weighted by molar-refractivity contribution is -0.150. The molecule has 0 aliphatic carbocycles. The summed E-state index contributed by atoms with van der Waals surface area (Å²) in [4.78, 5) is 16.9. The van der Waals surface area contributed by atoms with Crippen LogP contribution in [0.1, 0.15) is 17.5 Å². The van der Waals surface area contributed by atoms with Gasteiger partial charge in [0.05, 0.1) is 6.20 Å². The van der Waals surface area contributed by atoms with Gasteiger partial charge in [-0.1, -0.05) is 60.7 Å². The van der Waals surface area contributed by atoms with Crippen molar-refractivity contribution in [1.29, 1.82) is 0 Å². The fourth-order valence-electron chi connectivity index (χ4n) is 2.78. The first-order valence-corrected chi connectivity index (χ1v) is 8.73. The molecule has 2 heterocycles. The molecule has 0 unspecified atom stereocenters. The summed E-state index contributed by atoms with van der Waals surface area (Å²) >= 11 is 0. The number of aromatic nitrogens is 5. The molecule has 2 aromatic carbocycles. The summed E-state index contributed by atoms with van der Waals surface area (Å²) in [5, 5.41) is 11.1. The van der Waals surface area contributed by atoms with E-state index in [1.807, 2.05) is 60.7 Å². The third kappa shape index (κ3) is 4.12. The smallest absolute Gasteiger partial charge is 0.331 e. The van der Waals surface area contributed by atoms with Crippen LogP contribution < -0.4 is 0 Å². The molecule has 0 radical (unpaired) electrons. The van der Waals surface area contributed by atoms with Crippen LogP contribution in [0.25, 0.3) is 11.3 Å². The number of hydrogen-bond acceptors (Lipinski definition) is 7. The minimum Gasteiger partial charge on any atom is -0.454 e. The third-order valence-electron chi connectivity index (χ3n) is 4.18. The highest BCUT2D eigenvalue weighted by Crippen LogP contribution is 2.21. The van der Waals surface area contributed by atoms with E-state index in [-0.39, 0.29) is 6.61 Å². The lowest BCUT2D eigenvalue weighted by atomic mass is 10.1. The van der Waals surface area contributed by atoms with Crippen LogP contribution in [0.2, 0.25) is 0 Å². The highest BCUT2D eigenvalue weighted by molar-refractivity contribution is 5.74. The van der Waals surface area contributed by atoms with E-state index in [4.69, 9.17) is 9.15 Å². The molecule has 140 valence electrons. The minimum atomic E-state index is -0.680. The van der Waals surface area contributed by atoms with Crippen molar-refractivity contribution in [3.05, 3.63) is 84.6 Å². The Morgan fingerprint density at radius 3 is 2.54 bits per heavy atom. The second-order valence-electron chi connectivity index (χ2n) is 6.09. The van der Waals surface area contributed by atoms with Crippen molar-refractivity contribution in [3.63, 3.8) is 0 Å². The van der Waals surface area contributed by atoms with Crippen molar-refractivity contribution in [2.75, 3.05) is 0 Å². The van der Waals surface area contributed by atoms with E-state index in [9.17, 15) is 4.79 Å². The van der Waals surface area contributed by atoms with Gasteiger partial charge in [-0.2, -0.15) is 0 Å². The molecular weight excluding hydrogens is 358 g/mol. The summed E-state index contributed by atoms with van der Waals surface area (Å²) in [6.07, 6.45) is 3.42. The molecule has 0 aliphatic rings. The summed E-state index contributed by atoms with van der Waals surface area (Å²) in [7, 11) is 0. The van der Waals surface area contributed by atoms with Crippen LogP contribution in [0.15, 0.2) is 77.6 Å². The molecule has 0 aliphatic heterocycles. The first-order valence-electron chi connectivity index (χ1n) is 8.73. The van der Waals surface area contributed by atoms with Crippen molar-refractivity contribution in [2.24, 2.45) is 0 Å². The van der Waals surface area contributed by atoms with Crippen molar-refractivity contribution in [3.8, 4) is 11.3 Å². The molecule has 0 saturated carbocycles. The standard InChI is InChI=1S/C20H17N5O3/c26-20(17(25-14-22-23-24-25)11-15-7-3-1-4-8-15)27-13-19-21-12-18(28-19)16-9-5-2-6-10-16/h1-10,12,14,17H,11,13H2/t17-/m0/s1. The lowest BCUT2D eigenvalue weighted by Crippen LogP contribution is -2.24. The van der Waals surface area contributed by atoms with Crippen molar-refractivity contribution in [2.45, 2.75) is 19.1 Å². The molecule has 8 nitrogen and oxygen atoms in total. The van der Waals surface area contributed by atoms with Crippen LogP contribution >= 0.6 is 0 Å². The van der Waals surface area contributed by atoms with E-state index in [1.54, 1.807) is 6.20 Å². The van der Waals surface area contributed by atoms with Gasteiger partial charge < -0.3 is 9.15 Å². The molecule has 0 bridgehead atoms.